The molecule has 23 heavy (non-hydrogen) atoms. The van der Waals surface area contributed by atoms with Gasteiger partial charge in [0.2, 0.25) is 5.91 Å². The van der Waals surface area contributed by atoms with Crippen LogP contribution in [-0.2, 0) is 11.3 Å². The summed E-state index contributed by atoms with van der Waals surface area (Å²) < 4.78 is 13.2. The van der Waals surface area contributed by atoms with Crippen LogP contribution in [0, 0.1) is 11.7 Å². The normalized spacial score (nSPS) is 17.7. The third kappa shape index (κ3) is 7.48. The summed E-state index contributed by atoms with van der Waals surface area (Å²) in [5.41, 5.74) is 6.38. The number of amides is 1. The summed E-state index contributed by atoms with van der Waals surface area (Å²) in [5.74, 6) is -0.0573. The van der Waals surface area contributed by atoms with E-state index in [2.05, 4.69) is 10.2 Å². The standard InChI is InChI=1S/C16H24FN3O.2ClH/c17-15-6-1-4-13(10-15)11-20-9-2-5-14(12-20)16(21)19-8-3-7-18;;/h1,4,6,10,14H,2-3,5,7-9,11-12,18H2,(H,19,21);2*1H. The summed E-state index contributed by atoms with van der Waals surface area (Å²) in [6.45, 7) is 3.64. The van der Waals surface area contributed by atoms with Crippen molar-refractivity contribution in [3.63, 3.8) is 0 Å². The molecular weight excluding hydrogens is 340 g/mol. The van der Waals surface area contributed by atoms with Crippen molar-refractivity contribution in [2.24, 2.45) is 11.7 Å². The van der Waals surface area contributed by atoms with Crippen molar-refractivity contribution in [2.75, 3.05) is 26.2 Å². The molecule has 1 saturated heterocycles. The molecule has 0 saturated carbocycles. The summed E-state index contributed by atoms with van der Waals surface area (Å²) >= 11 is 0. The topological polar surface area (TPSA) is 58.4 Å². The highest BCUT2D eigenvalue weighted by atomic mass is 35.5. The molecule has 0 bridgehead atoms. The van der Waals surface area contributed by atoms with E-state index in [1.165, 1.54) is 6.07 Å². The molecule has 1 aliphatic rings. The predicted molar refractivity (Wildman–Crippen MR) is 95.6 cm³/mol. The fraction of sp³-hybridized carbons (Fsp3) is 0.562. The van der Waals surface area contributed by atoms with Crippen LogP contribution in [0.3, 0.4) is 0 Å². The number of nitrogens with zero attached hydrogens (tertiary/aromatic N) is 1. The van der Waals surface area contributed by atoms with Crippen LogP contribution in [0.25, 0.3) is 0 Å². The summed E-state index contributed by atoms with van der Waals surface area (Å²) in [5, 5.41) is 2.94. The van der Waals surface area contributed by atoms with E-state index in [0.29, 0.717) is 19.6 Å². The first-order valence-corrected chi connectivity index (χ1v) is 7.63. The third-order valence-electron chi connectivity index (χ3n) is 3.85. The van der Waals surface area contributed by atoms with E-state index in [4.69, 9.17) is 5.73 Å². The van der Waals surface area contributed by atoms with Gasteiger partial charge >= 0.3 is 0 Å². The molecule has 3 N–H and O–H groups in total. The molecular formula is C16H26Cl2FN3O. The SMILES string of the molecule is Cl.Cl.NCCCNC(=O)C1CCCN(Cc2cccc(F)c2)C1. The molecule has 1 fully saturated rings. The summed E-state index contributed by atoms with van der Waals surface area (Å²) in [6, 6.07) is 6.66. The van der Waals surface area contributed by atoms with Gasteiger partial charge in [-0.3, -0.25) is 9.69 Å². The Morgan fingerprint density at radius 1 is 1.39 bits per heavy atom. The summed E-state index contributed by atoms with van der Waals surface area (Å²) in [4.78, 5) is 14.3. The molecule has 1 aromatic carbocycles. The van der Waals surface area contributed by atoms with Crippen molar-refractivity contribution in [2.45, 2.75) is 25.8 Å². The van der Waals surface area contributed by atoms with Gasteiger partial charge in [-0.05, 0) is 50.0 Å². The molecule has 1 unspecified atom stereocenters. The number of nitrogens with two attached hydrogens (primary N) is 1. The molecule has 2 rings (SSSR count). The Hall–Kier alpha value is -0.880. The lowest BCUT2D eigenvalue weighted by Crippen LogP contribution is -2.43. The van der Waals surface area contributed by atoms with Crippen molar-refractivity contribution in [3.8, 4) is 0 Å². The van der Waals surface area contributed by atoms with E-state index in [1.807, 2.05) is 6.07 Å². The van der Waals surface area contributed by atoms with E-state index in [-0.39, 0.29) is 42.5 Å². The van der Waals surface area contributed by atoms with Gasteiger partial charge < -0.3 is 11.1 Å². The van der Waals surface area contributed by atoms with Gasteiger partial charge in [-0.25, -0.2) is 4.39 Å². The zero-order valence-corrected chi connectivity index (χ0v) is 14.8. The third-order valence-corrected chi connectivity index (χ3v) is 3.85. The number of carbonyl (C=O) groups is 1. The number of hydrogen-bond acceptors (Lipinski definition) is 3. The van der Waals surface area contributed by atoms with Crippen LogP contribution in [0.1, 0.15) is 24.8 Å². The second-order valence-corrected chi connectivity index (χ2v) is 5.64. The molecule has 0 radical (unpaired) electrons. The van der Waals surface area contributed by atoms with E-state index < -0.39 is 0 Å². The molecule has 0 aromatic heterocycles. The lowest BCUT2D eigenvalue weighted by molar-refractivity contribution is -0.126. The van der Waals surface area contributed by atoms with Gasteiger partial charge in [0.05, 0.1) is 5.92 Å². The highest BCUT2D eigenvalue weighted by Crippen LogP contribution is 2.19. The molecule has 1 amide bonds. The zero-order chi connectivity index (χ0) is 15.1. The number of nitrogens with one attached hydrogen (secondary N) is 1. The number of benzene rings is 1. The number of hydrogen-bond donors (Lipinski definition) is 2. The van der Waals surface area contributed by atoms with E-state index >= 15 is 0 Å². The van der Waals surface area contributed by atoms with Crippen molar-refractivity contribution in [1.29, 1.82) is 0 Å². The van der Waals surface area contributed by atoms with Gasteiger partial charge in [-0.15, -0.1) is 24.8 Å². The molecule has 1 atom stereocenters. The number of piperidine rings is 1. The van der Waals surface area contributed by atoms with Gasteiger partial charge in [0.25, 0.3) is 0 Å². The lowest BCUT2D eigenvalue weighted by atomic mass is 9.96. The van der Waals surface area contributed by atoms with Crippen LogP contribution in [0.15, 0.2) is 24.3 Å². The van der Waals surface area contributed by atoms with Crippen LogP contribution in [0.2, 0.25) is 0 Å². The monoisotopic (exact) mass is 365 g/mol. The fourth-order valence-electron chi connectivity index (χ4n) is 2.76. The minimum atomic E-state index is -0.208. The smallest absolute Gasteiger partial charge is 0.224 e. The molecule has 132 valence electrons. The number of carbonyl (C=O) groups excluding carboxylic acids is 1. The Kier molecular flexibility index (Phi) is 11.2. The summed E-state index contributed by atoms with van der Waals surface area (Å²) in [6.07, 6.45) is 2.74. The second kappa shape index (κ2) is 11.6. The summed E-state index contributed by atoms with van der Waals surface area (Å²) in [7, 11) is 0. The maximum absolute atomic E-state index is 13.2. The minimum absolute atomic E-state index is 0. The number of rotatable bonds is 6. The fourth-order valence-corrected chi connectivity index (χ4v) is 2.76. The van der Waals surface area contributed by atoms with Crippen molar-refractivity contribution in [3.05, 3.63) is 35.6 Å². The highest BCUT2D eigenvalue weighted by molar-refractivity contribution is 5.85. The Morgan fingerprint density at radius 3 is 2.87 bits per heavy atom. The Morgan fingerprint density at radius 2 is 2.17 bits per heavy atom. The van der Waals surface area contributed by atoms with Crippen LogP contribution in [0.5, 0.6) is 0 Å². The van der Waals surface area contributed by atoms with E-state index in [0.717, 1.165) is 37.9 Å². The van der Waals surface area contributed by atoms with Crippen molar-refractivity contribution < 1.29 is 9.18 Å². The van der Waals surface area contributed by atoms with E-state index in [9.17, 15) is 9.18 Å². The molecule has 1 aromatic rings. The predicted octanol–water partition coefficient (Wildman–Crippen LogP) is 2.35. The van der Waals surface area contributed by atoms with Crippen LogP contribution in [0.4, 0.5) is 4.39 Å². The Labute approximate surface area is 149 Å². The molecule has 1 heterocycles. The molecule has 4 nitrogen and oxygen atoms in total. The van der Waals surface area contributed by atoms with Gasteiger partial charge in [0, 0.05) is 19.6 Å². The number of halogens is 3. The zero-order valence-electron chi connectivity index (χ0n) is 13.2. The van der Waals surface area contributed by atoms with Crippen LogP contribution >= 0.6 is 24.8 Å². The van der Waals surface area contributed by atoms with Crippen LogP contribution in [-0.4, -0.2) is 37.0 Å². The average Bonchev–Trinajstić information content (AvgIpc) is 2.48. The minimum Gasteiger partial charge on any atom is -0.356 e. The molecule has 1 aliphatic heterocycles. The van der Waals surface area contributed by atoms with Crippen molar-refractivity contribution in [1.82, 2.24) is 10.2 Å². The molecule has 0 aliphatic carbocycles. The molecule has 0 spiro atoms. The first kappa shape index (κ1) is 22.1. The second-order valence-electron chi connectivity index (χ2n) is 5.64. The Bertz CT molecular complexity index is 476. The lowest BCUT2D eigenvalue weighted by Gasteiger charge is -2.32. The van der Waals surface area contributed by atoms with Gasteiger partial charge in [0.15, 0.2) is 0 Å². The molecule has 7 heteroatoms. The maximum Gasteiger partial charge on any atom is 0.224 e. The Balaban J connectivity index is 0.00000242. The van der Waals surface area contributed by atoms with Crippen LogP contribution < -0.4 is 11.1 Å². The largest absolute Gasteiger partial charge is 0.356 e. The highest BCUT2D eigenvalue weighted by Gasteiger charge is 2.25. The van der Waals surface area contributed by atoms with Gasteiger partial charge in [-0.1, -0.05) is 12.1 Å². The van der Waals surface area contributed by atoms with Crippen molar-refractivity contribution >= 4 is 30.7 Å². The average molecular weight is 366 g/mol. The number of likely N-dealkylation sites (tertiary alicyclic amines) is 1. The first-order chi connectivity index (χ1) is 10.2. The van der Waals surface area contributed by atoms with Gasteiger partial charge in [0.1, 0.15) is 5.82 Å². The quantitative estimate of drug-likeness (QED) is 0.760. The first-order valence-electron chi connectivity index (χ1n) is 7.63. The maximum atomic E-state index is 13.2. The van der Waals surface area contributed by atoms with E-state index in [1.54, 1.807) is 12.1 Å². The van der Waals surface area contributed by atoms with Gasteiger partial charge in [-0.2, -0.15) is 0 Å².